The summed E-state index contributed by atoms with van der Waals surface area (Å²) in [7, 11) is 0. The number of amides is 1. The fraction of sp³-hybridized carbons (Fsp3) is 0.238. The molecular formula is C21H22Cl2N4O2. The average molecular weight is 438 g/mol. The highest BCUT2D eigenvalue weighted by atomic mass is 35.5. The second kappa shape index (κ2) is 9.31. The second-order valence-corrected chi connectivity index (χ2v) is 7.06. The number of anilines is 1. The highest BCUT2D eigenvalue weighted by Crippen LogP contribution is 2.30. The van der Waals surface area contributed by atoms with Crippen LogP contribution in [0.25, 0.3) is 11.1 Å². The lowest BCUT2D eigenvalue weighted by atomic mass is 10.1. The van der Waals surface area contributed by atoms with Crippen LogP contribution in [0.15, 0.2) is 48.8 Å². The molecule has 0 aliphatic rings. The van der Waals surface area contributed by atoms with Crippen LogP contribution in [0, 0.1) is 0 Å². The van der Waals surface area contributed by atoms with Crippen molar-refractivity contribution in [3.05, 3.63) is 70.1 Å². The molecule has 2 atom stereocenters. The molecule has 0 radical (unpaired) electrons. The van der Waals surface area contributed by atoms with Gasteiger partial charge in [0.15, 0.2) is 0 Å². The van der Waals surface area contributed by atoms with Crippen LogP contribution in [0.5, 0.6) is 0 Å². The molecule has 1 aromatic carbocycles. The van der Waals surface area contributed by atoms with Crippen molar-refractivity contribution in [3.63, 3.8) is 0 Å². The average Bonchev–Trinajstić information content (AvgIpc) is 3.28. The van der Waals surface area contributed by atoms with Gasteiger partial charge in [0.2, 0.25) is 0 Å². The molecule has 2 unspecified atom stereocenters. The van der Waals surface area contributed by atoms with Gasteiger partial charge in [-0.3, -0.25) is 4.79 Å². The van der Waals surface area contributed by atoms with E-state index >= 15 is 0 Å². The van der Waals surface area contributed by atoms with Gasteiger partial charge in [-0.1, -0.05) is 35.3 Å². The van der Waals surface area contributed by atoms with E-state index in [4.69, 9.17) is 30.1 Å². The number of carbonyl (C=O) groups excluding carboxylic acids is 1. The van der Waals surface area contributed by atoms with Crippen molar-refractivity contribution in [2.24, 2.45) is 0 Å². The van der Waals surface area contributed by atoms with Crippen molar-refractivity contribution in [2.45, 2.75) is 25.8 Å². The molecule has 2 heterocycles. The van der Waals surface area contributed by atoms with Crippen LogP contribution in [0.1, 0.15) is 42.7 Å². The third kappa shape index (κ3) is 5.29. The van der Waals surface area contributed by atoms with Crippen molar-refractivity contribution < 1.29 is 16.8 Å². The van der Waals surface area contributed by atoms with E-state index in [1.165, 1.54) is 24.5 Å². The minimum Gasteiger partial charge on any atom is -0.394 e. The van der Waals surface area contributed by atoms with E-state index in [2.05, 4.69) is 20.6 Å². The first-order valence-electron chi connectivity index (χ1n) is 11.3. The van der Waals surface area contributed by atoms with E-state index in [9.17, 15) is 9.90 Å². The summed E-state index contributed by atoms with van der Waals surface area (Å²) in [4.78, 5) is 19.6. The monoisotopic (exact) mass is 437 g/mol. The van der Waals surface area contributed by atoms with E-state index in [-0.39, 0.29) is 23.1 Å². The number of nitrogens with zero attached hydrogens (tertiary/aromatic N) is 1. The smallest absolute Gasteiger partial charge is 0.268 e. The van der Waals surface area contributed by atoms with E-state index in [0.717, 1.165) is 0 Å². The summed E-state index contributed by atoms with van der Waals surface area (Å²) < 4.78 is 38.2. The first-order valence-corrected chi connectivity index (χ1v) is 9.32. The molecule has 3 aromatic rings. The molecule has 0 saturated carbocycles. The Morgan fingerprint density at radius 3 is 2.97 bits per heavy atom. The van der Waals surface area contributed by atoms with Crippen molar-refractivity contribution in [1.29, 1.82) is 0 Å². The maximum absolute atomic E-state index is 12.8. The van der Waals surface area contributed by atoms with Crippen molar-refractivity contribution in [1.82, 2.24) is 15.3 Å². The maximum Gasteiger partial charge on any atom is 0.268 e. The van der Waals surface area contributed by atoms with Gasteiger partial charge in [-0.15, -0.1) is 0 Å². The first kappa shape index (κ1) is 15.3. The lowest BCUT2D eigenvalue weighted by Crippen LogP contribution is -2.31. The zero-order chi connectivity index (χ0) is 25.1. The molecule has 0 fully saturated rings. The first-order chi connectivity index (χ1) is 16.0. The molecular weight excluding hydrogens is 411 g/mol. The van der Waals surface area contributed by atoms with Crippen LogP contribution >= 0.6 is 23.2 Å². The lowest BCUT2D eigenvalue weighted by molar-refractivity contribution is 0.0912. The third-order valence-electron chi connectivity index (χ3n) is 4.11. The highest BCUT2D eigenvalue weighted by Gasteiger charge is 2.18. The Balaban J connectivity index is 1.82. The Labute approximate surface area is 186 Å². The van der Waals surface area contributed by atoms with Gasteiger partial charge in [0, 0.05) is 40.0 Å². The van der Waals surface area contributed by atoms with Crippen molar-refractivity contribution >= 4 is 34.9 Å². The SMILES string of the molecule is [2H]CC([2H])(Nc1cc(-c2c[nH]c(C(=O)NC(CO)c3cccc(Cl)c3)c2)c(Cl)cn1)C([2H])([2H])[2H]. The number of aliphatic hydroxyl groups excluding tert-OH is 1. The van der Waals surface area contributed by atoms with Gasteiger partial charge < -0.3 is 20.7 Å². The van der Waals surface area contributed by atoms with Crippen LogP contribution in [-0.2, 0) is 0 Å². The van der Waals surface area contributed by atoms with E-state index in [0.29, 0.717) is 21.7 Å². The Morgan fingerprint density at radius 2 is 2.24 bits per heavy atom. The molecule has 29 heavy (non-hydrogen) atoms. The molecule has 0 spiro atoms. The number of aromatic amines is 1. The number of pyridine rings is 1. The Hall–Kier alpha value is -2.54. The number of benzene rings is 1. The summed E-state index contributed by atoms with van der Waals surface area (Å²) >= 11 is 12.3. The molecule has 0 aliphatic carbocycles. The summed E-state index contributed by atoms with van der Waals surface area (Å²) in [6.45, 7) is -3.82. The second-order valence-electron chi connectivity index (χ2n) is 6.22. The lowest BCUT2D eigenvalue weighted by Gasteiger charge is -2.16. The third-order valence-corrected chi connectivity index (χ3v) is 4.65. The number of carbonyl (C=O) groups is 1. The highest BCUT2D eigenvalue weighted by molar-refractivity contribution is 6.33. The summed E-state index contributed by atoms with van der Waals surface area (Å²) in [5.41, 5.74) is 1.78. The van der Waals surface area contributed by atoms with Crippen LogP contribution in [0.2, 0.25) is 10.0 Å². The zero-order valence-corrected chi connectivity index (χ0v) is 16.7. The number of aromatic nitrogens is 2. The zero-order valence-electron chi connectivity index (χ0n) is 20.2. The number of H-pyrrole nitrogens is 1. The Morgan fingerprint density at radius 1 is 1.38 bits per heavy atom. The minimum atomic E-state index is -2.76. The number of hydrogen-bond donors (Lipinski definition) is 4. The fourth-order valence-corrected chi connectivity index (χ4v) is 3.17. The number of aliphatic hydroxyl groups is 1. The quantitative estimate of drug-likeness (QED) is 0.432. The maximum atomic E-state index is 12.8. The largest absolute Gasteiger partial charge is 0.394 e. The van der Waals surface area contributed by atoms with Gasteiger partial charge in [0.05, 0.1) is 19.0 Å². The van der Waals surface area contributed by atoms with Crippen molar-refractivity contribution in [2.75, 3.05) is 11.9 Å². The van der Waals surface area contributed by atoms with Crippen LogP contribution in [0.3, 0.4) is 0 Å². The summed E-state index contributed by atoms with van der Waals surface area (Å²) in [6.07, 6.45) is 2.83. The normalized spacial score (nSPS) is 17.0. The molecule has 8 heteroatoms. The summed E-state index contributed by atoms with van der Waals surface area (Å²) in [5.74, 6) is -0.429. The molecule has 1 amide bonds. The molecule has 0 bridgehead atoms. The number of rotatable bonds is 7. The summed E-state index contributed by atoms with van der Waals surface area (Å²) in [6, 6.07) is 6.84. The number of hydrogen-bond acceptors (Lipinski definition) is 4. The molecule has 152 valence electrons. The standard InChI is InChI=1S/C21H22Cl2N4O2/c1-12(2)26-20-8-16(17(23)10-25-20)14-7-18(24-9-14)21(29)27-19(11-28)13-4-3-5-15(22)6-13/h3-10,12,19,24,28H,11H2,1-2H3,(H,25,26)(H,27,29)/i1D,2D3,12D. The molecule has 0 aliphatic heterocycles. The molecule has 2 aromatic heterocycles. The van der Waals surface area contributed by atoms with Gasteiger partial charge in [-0.25, -0.2) is 4.98 Å². The Kier molecular flexibility index (Phi) is 4.92. The van der Waals surface area contributed by atoms with Gasteiger partial charge >= 0.3 is 0 Å². The van der Waals surface area contributed by atoms with Crippen LogP contribution < -0.4 is 10.6 Å². The summed E-state index contributed by atoms with van der Waals surface area (Å²) in [5, 5.41) is 15.6. The van der Waals surface area contributed by atoms with E-state index in [1.54, 1.807) is 24.3 Å². The number of nitrogens with one attached hydrogen (secondary N) is 3. The van der Waals surface area contributed by atoms with E-state index < -0.39 is 31.7 Å². The Bertz CT molecular complexity index is 1170. The van der Waals surface area contributed by atoms with Crippen LogP contribution in [-0.4, -0.2) is 33.6 Å². The van der Waals surface area contributed by atoms with Crippen LogP contribution in [0.4, 0.5) is 5.82 Å². The van der Waals surface area contributed by atoms with Gasteiger partial charge in [0.25, 0.3) is 5.91 Å². The minimum absolute atomic E-state index is 0.0475. The topological polar surface area (TPSA) is 90.0 Å². The van der Waals surface area contributed by atoms with Gasteiger partial charge in [-0.05, 0) is 43.6 Å². The van der Waals surface area contributed by atoms with Gasteiger partial charge in [-0.2, -0.15) is 0 Å². The predicted octanol–water partition coefficient (Wildman–Crippen LogP) is 4.67. The van der Waals surface area contributed by atoms with Crippen molar-refractivity contribution in [3.8, 4) is 11.1 Å². The van der Waals surface area contributed by atoms with Gasteiger partial charge in [0.1, 0.15) is 11.5 Å². The molecule has 3 rings (SSSR count). The molecule has 4 N–H and O–H groups in total. The number of halogens is 2. The fourth-order valence-electron chi connectivity index (χ4n) is 2.76. The predicted molar refractivity (Wildman–Crippen MR) is 117 cm³/mol. The molecule has 6 nitrogen and oxygen atoms in total. The van der Waals surface area contributed by atoms with E-state index in [1.807, 2.05) is 0 Å². The molecule has 0 saturated heterocycles.